The van der Waals surface area contributed by atoms with Gasteiger partial charge in [-0.1, -0.05) is 44.7 Å². The van der Waals surface area contributed by atoms with Gasteiger partial charge >= 0.3 is 0 Å². The Morgan fingerprint density at radius 1 is 0.733 bits per heavy atom. The summed E-state index contributed by atoms with van der Waals surface area (Å²) in [6.45, 7) is 1.88. The summed E-state index contributed by atoms with van der Waals surface area (Å²) in [5, 5.41) is 0. The molecule has 0 saturated heterocycles. The van der Waals surface area contributed by atoms with Crippen molar-refractivity contribution in [1.82, 2.24) is 0 Å². The van der Waals surface area contributed by atoms with Crippen molar-refractivity contribution in [2.45, 2.75) is 103 Å². The van der Waals surface area contributed by atoms with Crippen LogP contribution < -0.4 is 0 Å². The molecular weight excluding hydrogens is 374 g/mol. The van der Waals surface area contributed by atoms with Crippen molar-refractivity contribution in [1.29, 1.82) is 0 Å². The minimum Gasteiger partial charge on any atom is -0.246 e. The highest BCUT2D eigenvalue weighted by molar-refractivity contribution is 5.28. The first-order valence-corrected chi connectivity index (χ1v) is 13.0. The summed E-state index contributed by atoms with van der Waals surface area (Å²) in [7, 11) is 0. The highest BCUT2D eigenvalue weighted by Gasteiger charge is 2.34. The average molecular weight is 417 g/mol. The molecule has 0 aromatic heterocycles. The van der Waals surface area contributed by atoms with Gasteiger partial charge in [0, 0.05) is 0 Å². The smallest absolute Gasteiger partial charge is 0.126 e. The van der Waals surface area contributed by atoms with Crippen LogP contribution in [0.1, 0.15) is 102 Å². The van der Waals surface area contributed by atoms with Gasteiger partial charge in [-0.2, -0.15) is 0 Å². The van der Waals surface area contributed by atoms with Crippen LogP contribution in [-0.2, 0) is 13.1 Å². The number of hydrogen-bond donors (Lipinski definition) is 0. The third-order valence-electron chi connectivity index (χ3n) is 9.26. The summed E-state index contributed by atoms with van der Waals surface area (Å²) in [5.41, 5.74) is 1.17. The number of halogens is 2. The quantitative estimate of drug-likeness (QED) is 0.435. The van der Waals surface area contributed by atoms with Gasteiger partial charge in [0.1, 0.15) is 12.5 Å². The van der Waals surface area contributed by atoms with Crippen LogP contribution in [0.4, 0.5) is 8.78 Å². The number of hydrogen-bond acceptors (Lipinski definition) is 0. The Bertz CT molecular complexity index is 645. The van der Waals surface area contributed by atoms with E-state index in [0.717, 1.165) is 36.0 Å². The van der Waals surface area contributed by atoms with Crippen molar-refractivity contribution in [3.8, 4) is 0 Å². The van der Waals surface area contributed by atoms with Gasteiger partial charge in [0.15, 0.2) is 0 Å². The van der Waals surface area contributed by atoms with Gasteiger partial charge in [-0.25, -0.2) is 8.78 Å². The van der Waals surface area contributed by atoms with E-state index in [1.54, 1.807) is 12.1 Å². The molecule has 0 nitrogen and oxygen atoms in total. The molecule has 0 spiro atoms. The average Bonchev–Trinajstić information content (AvgIpc) is 2.79. The molecule has 168 valence electrons. The molecule has 3 aliphatic rings. The fourth-order valence-corrected chi connectivity index (χ4v) is 7.15. The Morgan fingerprint density at radius 3 is 1.77 bits per heavy atom. The van der Waals surface area contributed by atoms with Crippen molar-refractivity contribution in [2.75, 3.05) is 0 Å². The maximum Gasteiger partial charge on any atom is 0.126 e. The minimum atomic E-state index is -0.553. The zero-order chi connectivity index (χ0) is 20.9. The molecule has 3 saturated carbocycles. The maximum absolute atomic E-state index is 14.1. The Kier molecular flexibility index (Phi) is 7.87. The van der Waals surface area contributed by atoms with Gasteiger partial charge in [0.25, 0.3) is 0 Å². The zero-order valence-electron chi connectivity index (χ0n) is 19.1. The van der Waals surface area contributed by atoms with Crippen molar-refractivity contribution >= 4 is 0 Å². The first kappa shape index (κ1) is 22.3. The van der Waals surface area contributed by atoms with E-state index in [1.807, 2.05) is 0 Å². The van der Waals surface area contributed by atoms with E-state index in [0.29, 0.717) is 23.5 Å². The van der Waals surface area contributed by atoms with Gasteiger partial charge < -0.3 is 0 Å². The lowest BCUT2D eigenvalue weighted by Crippen LogP contribution is -2.29. The molecule has 0 unspecified atom stereocenters. The summed E-state index contributed by atoms with van der Waals surface area (Å²) in [6.07, 6.45) is 18.9. The first-order valence-electron chi connectivity index (χ1n) is 13.0. The molecule has 0 aliphatic heterocycles. The standard InChI is InChI=1S/C28H42F2/c1-20-5-10-22(11-6-20)24-14-16-25(17-15-24)23-12-7-21(8-13-23)9-18-27-26(19-29)3-2-4-28(27)30/h2-4,20-25H,5-19H2,1H3. The molecule has 4 rings (SSSR count). The third kappa shape index (κ3) is 5.46. The highest BCUT2D eigenvalue weighted by atomic mass is 19.1. The zero-order valence-corrected chi connectivity index (χ0v) is 19.1. The Morgan fingerprint density at radius 2 is 1.23 bits per heavy atom. The largest absolute Gasteiger partial charge is 0.246 e. The molecular formula is C28H42F2. The molecule has 3 fully saturated rings. The van der Waals surface area contributed by atoms with Crippen LogP contribution in [0.2, 0.25) is 0 Å². The van der Waals surface area contributed by atoms with Crippen LogP contribution in [0.3, 0.4) is 0 Å². The molecule has 0 radical (unpaired) electrons. The van der Waals surface area contributed by atoms with Gasteiger partial charge in [-0.15, -0.1) is 0 Å². The number of rotatable bonds is 6. The summed E-state index contributed by atoms with van der Waals surface area (Å²) in [6, 6.07) is 4.84. The molecule has 0 amide bonds. The van der Waals surface area contributed by atoms with Gasteiger partial charge in [-0.3, -0.25) is 0 Å². The second-order valence-electron chi connectivity index (χ2n) is 11.0. The van der Waals surface area contributed by atoms with Crippen LogP contribution in [0.25, 0.3) is 0 Å². The van der Waals surface area contributed by atoms with Crippen molar-refractivity contribution in [2.24, 2.45) is 35.5 Å². The molecule has 0 N–H and O–H groups in total. The predicted molar refractivity (Wildman–Crippen MR) is 122 cm³/mol. The SMILES string of the molecule is CC1CCC(C2CCC(C3CCC(CCc4c(F)cccc4CF)CC3)CC2)CC1. The molecule has 2 heteroatoms. The lowest BCUT2D eigenvalue weighted by molar-refractivity contribution is 0.105. The second kappa shape index (κ2) is 10.6. The Hall–Kier alpha value is -0.920. The van der Waals surface area contributed by atoms with E-state index in [-0.39, 0.29) is 5.82 Å². The molecule has 1 aromatic rings. The van der Waals surface area contributed by atoms with E-state index < -0.39 is 6.67 Å². The lowest BCUT2D eigenvalue weighted by atomic mass is 9.65. The van der Waals surface area contributed by atoms with Gasteiger partial charge in [0.2, 0.25) is 0 Å². The van der Waals surface area contributed by atoms with E-state index in [2.05, 4.69) is 6.92 Å². The fourth-order valence-electron chi connectivity index (χ4n) is 7.15. The van der Waals surface area contributed by atoms with E-state index in [9.17, 15) is 8.78 Å². The summed E-state index contributed by atoms with van der Waals surface area (Å²) >= 11 is 0. The molecule has 0 heterocycles. The topological polar surface area (TPSA) is 0 Å². The Balaban J connectivity index is 1.18. The normalized spacial score (nSPS) is 35.3. The van der Waals surface area contributed by atoms with Crippen LogP contribution in [0, 0.1) is 41.3 Å². The van der Waals surface area contributed by atoms with Gasteiger partial charge in [0.05, 0.1) is 0 Å². The molecule has 0 atom stereocenters. The summed E-state index contributed by atoms with van der Waals surface area (Å²) in [5.74, 6) is 5.41. The maximum atomic E-state index is 14.1. The number of alkyl halides is 1. The second-order valence-corrected chi connectivity index (χ2v) is 11.0. The summed E-state index contributed by atoms with van der Waals surface area (Å²) < 4.78 is 27.3. The number of benzene rings is 1. The highest BCUT2D eigenvalue weighted by Crippen LogP contribution is 2.46. The van der Waals surface area contributed by atoms with Crippen LogP contribution >= 0.6 is 0 Å². The van der Waals surface area contributed by atoms with Crippen LogP contribution in [0.15, 0.2) is 18.2 Å². The first-order chi connectivity index (χ1) is 14.6. The van der Waals surface area contributed by atoms with E-state index >= 15 is 0 Å². The van der Waals surface area contributed by atoms with Gasteiger partial charge in [-0.05, 0) is 117 Å². The molecule has 0 bridgehead atoms. The van der Waals surface area contributed by atoms with E-state index in [4.69, 9.17) is 0 Å². The predicted octanol–water partition coefficient (Wildman–Crippen LogP) is 8.67. The third-order valence-corrected chi connectivity index (χ3v) is 9.26. The van der Waals surface area contributed by atoms with Crippen molar-refractivity contribution < 1.29 is 8.78 Å². The summed E-state index contributed by atoms with van der Waals surface area (Å²) in [4.78, 5) is 0. The molecule has 3 aliphatic carbocycles. The molecule has 30 heavy (non-hydrogen) atoms. The van der Waals surface area contributed by atoms with Crippen molar-refractivity contribution in [3.05, 3.63) is 35.1 Å². The monoisotopic (exact) mass is 416 g/mol. The Labute approximate surface area is 183 Å². The lowest BCUT2D eigenvalue weighted by Gasteiger charge is -2.41. The minimum absolute atomic E-state index is 0.219. The van der Waals surface area contributed by atoms with Crippen molar-refractivity contribution in [3.63, 3.8) is 0 Å². The van der Waals surface area contributed by atoms with Crippen LogP contribution in [-0.4, -0.2) is 0 Å². The molecule has 1 aromatic carbocycles. The van der Waals surface area contributed by atoms with Crippen LogP contribution in [0.5, 0.6) is 0 Å². The fraction of sp³-hybridized carbons (Fsp3) is 0.786. The van der Waals surface area contributed by atoms with E-state index in [1.165, 1.54) is 83.1 Å².